The third-order valence-electron chi connectivity index (χ3n) is 3.91. The first-order valence-electron chi connectivity index (χ1n) is 7.21. The van der Waals surface area contributed by atoms with Crippen LogP contribution in [0.5, 0.6) is 0 Å². The largest absolute Gasteiger partial charge is 0.395 e. The maximum atomic E-state index is 13.1. The highest BCUT2D eigenvalue weighted by Crippen LogP contribution is 2.37. The number of halogens is 1. The Morgan fingerprint density at radius 1 is 1.37 bits per heavy atom. The van der Waals surface area contributed by atoms with Crippen molar-refractivity contribution in [3.8, 4) is 0 Å². The average Bonchev–Trinajstić information content (AvgIpc) is 2.31. The summed E-state index contributed by atoms with van der Waals surface area (Å²) in [5, 5.41) is 12.9. The molecule has 1 fully saturated rings. The number of benzene rings is 1. The van der Waals surface area contributed by atoms with Gasteiger partial charge in [0.25, 0.3) is 0 Å². The van der Waals surface area contributed by atoms with Crippen LogP contribution in [0.4, 0.5) is 4.39 Å². The summed E-state index contributed by atoms with van der Waals surface area (Å²) in [5.74, 6) is 0.900. The Balaban J connectivity index is 1.79. The second-order valence-electron chi connectivity index (χ2n) is 6.10. The van der Waals surface area contributed by atoms with Crippen molar-refractivity contribution in [3.63, 3.8) is 0 Å². The molecule has 0 saturated heterocycles. The molecule has 3 heteroatoms. The monoisotopic (exact) mass is 265 g/mol. The summed E-state index contributed by atoms with van der Waals surface area (Å²) in [5.41, 5.74) is 1.10. The zero-order valence-corrected chi connectivity index (χ0v) is 11.8. The fourth-order valence-corrected chi connectivity index (χ4v) is 2.88. The highest BCUT2D eigenvalue weighted by Gasteiger charge is 2.31. The molecule has 2 rings (SSSR count). The second-order valence-corrected chi connectivity index (χ2v) is 6.10. The first kappa shape index (κ1) is 14.5. The van der Waals surface area contributed by atoms with Crippen LogP contribution in [0.15, 0.2) is 24.3 Å². The van der Waals surface area contributed by atoms with Crippen LogP contribution in [0, 0.1) is 11.7 Å². The van der Waals surface area contributed by atoms with Crippen LogP contribution in [0.25, 0.3) is 0 Å². The fourth-order valence-electron chi connectivity index (χ4n) is 2.88. The van der Waals surface area contributed by atoms with Crippen LogP contribution in [0.3, 0.4) is 0 Å². The minimum Gasteiger partial charge on any atom is -0.395 e. The standard InChI is InChI=1S/C16H24FNO/c1-11(2)6-16(10-19)18-15-8-13(9-15)12-4-3-5-14(17)7-12/h3-5,7,11,13,15-16,18-19H,6,8-10H2,1-2H3. The van der Waals surface area contributed by atoms with E-state index in [2.05, 4.69) is 19.2 Å². The maximum Gasteiger partial charge on any atom is 0.123 e. The van der Waals surface area contributed by atoms with E-state index in [1.165, 1.54) is 6.07 Å². The molecule has 0 aromatic heterocycles. The fraction of sp³-hybridized carbons (Fsp3) is 0.625. The Morgan fingerprint density at radius 2 is 2.11 bits per heavy atom. The van der Waals surface area contributed by atoms with E-state index in [4.69, 9.17) is 0 Å². The van der Waals surface area contributed by atoms with Gasteiger partial charge in [-0.15, -0.1) is 0 Å². The van der Waals surface area contributed by atoms with Gasteiger partial charge in [-0.3, -0.25) is 0 Å². The molecule has 0 bridgehead atoms. The highest BCUT2D eigenvalue weighted by molar-refractivity contribution is 5.23. The molecule has 1 atom stereocenters. The maximum absolute atomic E-state index is 13.1. The predicted molar refractivity (Wildman–Crippen MR) is 75.6 cm³/mol. The Hall–Kier alpha value is -0.930. The minimum atomic E-state index is -0.151. The van der Waals surface area contributed by atoms with Gasteiger partial charge in [0.2, 0.25) is 0 Å². The molecule has 1 aliphatic rings. The normalized spacial score (nSPS) is 24.3. The van der Waals surface area contributed by atoms with Crippen LogP contribution in [0.1, 0.15) is 44.6 Å². The van der Waals surface area contributed by atoms with Gasteiger partial charge in [-0.1, -0.05) is 26.0 Å². The molecule has 0 radical (unpaired) electrons. The third kappa shape index (κ3) is 4.02. The van der Waals surface area contributed by atoms with E-state index >= 15 is 0 Å². The minimum absolute atomic E-state index is 0.151. The zero-order chi connectivity index (χ0) is 13.8. The lowest BCUT2D eigenvalue weighted by Crippen LogP contribution is -2.47. The molecular weight excluding hydrogens is 241 g/mol. The molecule has 0 amide bonds. The molecule has 106 valence electrons. The Morgan fingerprint density at radius 3 is 2.68 bits per heavy atom. The van der Waals surface area contributed by atoms with Crippen molar-refractivity contribution >= 4 is 0 Å². The highest BCUT2D eigenvalue weighted by atomic mass is 19.1. The van der Waals surface area contributed by atoms with Gasteiger partial charge in [-0.05, 0) is 48.8 Å². The first-order valence-corrected chi connectivity index (χ1v) is 7.21. The number of aliphatic hydroxyl groups excluding tert-OH is 1. The molecule has 0 heterocycles. The number of nitrogens with one attached hydrogen (secondary N) is 1. The molecule has 0 spiro atoms. The molecule has 1 saturated carbocycles. The SMILES string of the molecule is CC(C)CC(CO)NC1CC(c2cccc(F)c2)C1. The van der Waals surface area contributed by atoms with E-state index in [0.717, 1.165) is 24.8 Å². The summed E-state index contributed by atoms with van der Waals surface area (Å²) in [4.78, 5) is 0. The van der Waals surface area contributed by atoms with E-state index in [0.29, 0.717) is 17.9 Å². The van der Waals surface area contributed by atoms with Crippen LogP contribution in [-0.2, 0) is 0 Å². The first-order chi connectivity index (χ1) is 9.08. The average molecular weight is 265 g/mol. The Labute approximate surface area is 115 Å². The summed E-state index contributed by atoms with van der Waals surface area (Å²) < 4.78 is 13.1. The summed E-state index contributed by atoms with van der Waals surface area (Å²) in [6.45, 7) is 4.53. The summed E-state index contributed by atoms with van der Waals surface area (Å²) in [6, 6.07) is 7.56. The van der Waals surface area contributed by atoms with Gasteiger partial charge in [-0.25, -0.2) is 4.39 Å². The molecule has 1 unspecified atom stereocenters. The Bertz CT molecular complexity index is 401. The van der Waals surface area contributed by atoms with Crippen molar-refractivity contribution in [2.75, 3.05) is 6.61 Å². The van der Waals surface area contributed by atoms with E-state index in [-0.39, 0.29) is 18.5 Å². The topological polar surface area (TPSA) is 32.3 Å². The van der Waals surface area contributed by atoms with Gasteiger partial charge in [0.05, 0.1) is 6.61 Å². The molecule has 1 aliphatic carbocycles. The molecule has 1 aromatic carbocycles. The van der Waals surface area contributed by atoms with Gasteiger partial charge in [0.1, 0.15) is 5.82 Å². The van der Waals surface area contributed by atoms with E-state index in [1.54, 1.807) is 12.1 Å². The third-order valence-corrected chi connectivity index (χ3v) is 3.91. The van der Waals surface area contributed by atoms with Crippen molar-refractivity contribution in [3.05, 3.63) is 35.6 Å². The molecule has 0 aliphatic heterocycles. The summed E-state index contributed by atoms with van der Waals surface area (Å²) in [6.07, 6.45) is 3.08. The quantitative estimate of drug-likeness (QED) is 0.828. The molecule has 19 heavy (non-hydrogen) atoms. The lowest BCUT2D eigenvalue weighted by Gasteiger charge is -2.39. The number of aliphatic hydroxyl groups is 1. The summed E-state index contributed by atoms with van der Waals surface area (Å²) in [7, 11) is 0. The van der Waals surface area contributed by atoms with Gasteiger partial charge in [0, 0.05) is 12.1 Å². The van der Waals surface area contributed by atoms with Crippen molar-refractivity contribution in [1.82, 2.24) is 5.32 Å². The predicted octanol–water partition coefficient (Wildman–Crippen LogP) is 3.07. The molecule has 2 nitrogen and oxygen atoms in total. The van der Waals surface area contributed by atoms with Gasteiger partial charge < -0.3 is 10.4 Å². The lowest BCUT2D eigenvalue weighted by molar-refractivity contribution is 0.181. The molecule has 2 N–H and O–H groups in total. The number of hydrogen-bond acceptors (Lipinski definition) is 2. The molecular formula is C16H24FNO. The number of hydrogen-bond donors (Lipinski definition) is 2. The smallest absolute Gasteiger partial charge is 0.123 e. The molecule has 1 aromatic rings. The second kappa shape index (κ2) is 6.49. The number of rotatable bonds is 6. The van der Waals surface area contributed by atoms with E-state index < -0.39 is 0 Å². The van der Waals surface area contributed by atoms with Crippen molar-refractivity contribution in [2.24, 2.45) is 5.92 Å². The van der Waals surface area contributed by atoms with Crippen LogP contribution in [-0.4, -0.2) is 23.8 Å². The van der Waals surface area contributed by atoms with Crippen molar-refractivity contribution in [2.45, 2.75) is 51.1 Å². The van der Waals surface area contributed by atoms with Crippen molar-refractivity contribution < 1.29 is 9.50 Å². The van der Waals surface area contributed by atoms with Gasteiger partial charge >= 0.3 is 0 Å². The Kier molecular flexibility index (Phi) is 4.94. The van der Waals surface area contributed by atoms with Gasteiger partial charge in [-0.2, -0.15) is 0 Å². The van der Waals surface area contributed by atoms with Crippen LogP contribution in [0.2, 0.25) is 0 Å². The summed E-state index contributed by atoms with van der Waals surface area (Å²) >= 11 is 0. The lowest BCUT2D eigenvalue weighted by atomic mass is 9.75. The van der Waals surface area contributed by atoms with Crippen molar-refractivity contribution in [1.29, 1.82) is 0 Å². The van der Waals surface area contributed by atoms with Gasteiger partial charge in [0.15, 0.2) is 0 Å². The van der Waals surface area contributed by atoms with Crippen LogP contribution < -0.4 is 5.32 Å². The van der Waals surface area contributed by atoms with Crippen LogP contribution >= 0.6 is 0 Å². The van der Waals surface area contributed by atoms with E-state index in [1.807, 2.05) is 6.07 Å². The van der Waals surface area contributed by atoms with E-state index in [9.17, 15) is 9.50 Å². The zero-order valence-electron chi connectivity index (χ0n) is 11.8.